The van der Waals surface area contributed by atoms with Gasteiger partial charge in [-0.15, -0.1) is 0 Å². The number of hydrogen-bond donors (Lipinski definition) is 2. The summed E-state index contributed by atoms with van der Waals surface area (Å²) >= 11 is 3.28. The van der Waals surface area contributed by atoms with Gasteiger partial charge in [-0.2, -0.15) is 0 Å². The van der Waals surface area contributed by atoms with Crippen molar-refractivity contribution in [3.8, 4) is 0 Å². The molecular formula is C7H9BrN2O. The molecule has 0 radical (unpaired) electrons. The summed E-state index contributed by atoms with van der Waals surface area (Å²) in [7, 11) is 0. The highest BCUT2D eigenvalue weighted by Crippen LogP contribution is 2.19. The van der Waals surface area contributed by atoms with E-state index < -0.39 is 0 Å². The van der Waals surface area contributed by atoms with Crippen molar-refractivity contribution >= 4 is 15.9 Å². The van der Waals surface area contributed by atoms with Crippen molar-refractivity contribution in [1.82, 2.24) is 4.98 Å². The van der Waals surface area contributed by atoms with Crippen LogP contribution in [0.1, 0.15) is 11.6 Å². The van der Waals surface area contributed by atoms with E-state index in [1.54, 1.807) is 18.5 Å². The van der Waals surface area contributed by atoms with Gasteiger partial charge in [0.25, 0.3) is 0 Å². The monoisotopic (exact) mass is 216 g/mol. The molecule has 3 nitrogen and oxygen atoms in total. The Labute approximate surface area is 73.4 Å². The maximum absolute atomic E-state index is 8.75. The zero-order valence-corrected chi connectivity index (χ0v) is 7.45. The Hall–Kier alpha value is -0.450. The van der Waals surface area contributed by atoms with Crippen molar-refractivity contribution in [1.29, 1.82) is 0 Å². The molecule has 0 aliphatic carbocycles. The van der Waals surface area contributed by atoms with Gasteiger partial charge in [0.05, 0.1) is 12.6 Å². The predicted molar refractivity (Wildman–Crippen MR) is 46.0 cm³/mol. The number of nitrogens with two attached hydrogens (primary N) is 1. The third-order valence-electron chi connectivity index (χ3n) is 1.40. The van der Waals surface area contributed by atoms with Crippen LogP contribution in [0.3, 0.4) is 0 Å². The second-order valence-electron chi connectivity index (χ2n) is 2.19. The van der Waals surface area contributed by atoms with E-state index in [0.29, 0.717) is 0 Å². The molecule has 60 valence electrons. The number of hydrogen-bond acceptors (Lipinski definition) is 3. The Morgan fingerprint density at radius 1 is 1.73 bits per heavy atom. The van der Waals surface area contributed by atoms with Crippen LogP contribution in [-0.2, 0) is 0 Å². The molecule has 1 aromatic heterocycles. The summed E-state index contributed by atoms with van der Waals surface area (Å²) in [5, 5.41) is 8.75. The fourth-order valence-corrected chi connectivity index (χ4v) is 1.33. The van der Waals surface area contributed by atoms with Gasteiger partial charge in [-0.1, -0.05) is 0 Å². The van der Waals surface area contributed by atoms with E-state index in [0.717, 1.165) is 10.0 Å². The molecule has 0 bridgehead atoms. The zero-order chi connectivity index (χ0) is 8.27. The van der Waals surface area contributed by atoms with Gasteiger partial charge in [0, 0.05) is 16.9 Å². The summed E-state index contributed by atoms with van der Waals surface area (Å²) in [6, 6.07) is 1.46. The molecule has 11 heavy (non-hydrogen) atoms. The van der Waals surface area contributed by atoms with Crippen molar-refractivity contribution in [2.75, 3.05) is 6.61 Å². The van der Waals surface area contributed by atoms with Crippen LogP contribution in [-0.4, -0.2) is 16.7 Å². The SMILES string of the molecule is NC(CO)c1ccncc1Br. The van der Waals surface area contributed by atoms with Crippen LogP contribution in [0.15, 0.2) is 22.9 Å². The third-order valence-corrected chi connectivity index (χ3v) is 2.06. The summed E-state index contributed by atoms with van der Waals surface area (Å²) in [6.45, 7) is -0.0530. The van der Waals surface area contributed by atoms with Crippen LogP contribution in [0.4, 0.5) is 0 Å². The zero-order valence-electron chi connectivity index (χ0n) is 5.87. The Balaban J connectivity index is 2.93. The highest BCUT2D eigenvalue weighted by molar-refractivity contribution is 9.10. The van der Waals surface area contributed by atoms with Crippen molar-refractivity contribution in [2.45, 2.75) is 6.04 Å². The van der Waals surface area contributed by atoms with Gasteiger partial charge in [-0.05, 0) is 27.6 Å². The molecule has 0 fully saturated rings. The Kier molecular flexibility index (Phi) is 2.99. The van der Waals surface area contributed by atoms with Gasteiger partial charge in [0.15, 0.2) is 0 Å². The summed E-state index contributed by atoms with van der Waals surface area (Å²) in [5.74, 6) is 0. The van der Waals surface area contributed by atoms with Crippen LogP contribution >= 0.6 is 15.9 Å². The topological polar surface area (TPSA) is 59.1 Å². The minimum absolute atomic E-state index is 0.0530. The number of aromatic nitrogens is 1. The normalized spacial score (nSPS) is 13.0. The van der Waals surface area contributed by atoms with Gasteiger partial charge in [-0.25, -0.2) is 0 Å². The Morgan fingerprint density at radius 3 is 3.00 bits per heavy atom. The quantitative estimate of drug-likeness (QED) is 0.771. The van der Waals surface area contributed by atoms with E-state index in [-0.39, 0.29) is 12.6 Å². The molecular weight excluding hydrogens is 208 g/mol. The minimum Gasteiger partial charge on any atom is -0.394 e. The molecule has 1 atom stereocenters. The van der Waals surface area contributed by atoms with E-state index in [4.69, 9.17) is 10.8 Å². The van der Waals surface area contributed by atoms with Crippen molar-refractivity contribution < 1.29 is 5.11 Å². The Bertz CT molecular complexity index is 242. The van der Waals surface area contributed by atoms with Crippen LogP contribution in [0.25, 0.3) is 0 Å². The smallest absolute Gasteiger partial charge is 0.0624 e. The van der Waals surface area contributed by atoms with E-state index in [1.807, 2.05) is 0 Å². The molecule has 0 aliphatic heterocycles. The maximum Gasteiger partial charge on any atom is 0.0624 e. The maximum atomic E-state index is 8.75. The lowest BCUT2D eigenvalue weighted by Crippen LogP contribution is -2.14. The fraction of sp³-hybridized carbons (Fsp3) is 0.286. The van der Waals surface area contributed by atoms with Crippen LogP contribution in [0.2, 0.25) is 0 Å². The number of rotatable bonds is 2. The van der Waals surface area contributed by atoms with E-state index in [9.17, 15) is 0 Å². The van der Waals surface area contributed by atoms with Crippen LogP contribution in [0.5, 0.6) is 0 Å². The van der Waals surface area contributed by atoms with Gasteiger partial charge in [0.2, 0.25) is 0 Å². The first-order valence-electron chi connectivity index (χ1n) is 3.21. The first kappa shape index (κ1) is 8.64. The molecule has 0 aliphatic rings. The molecule has 0 saturated carbocycles. The molecule has 1 rings (SSSR count). The summed E-state index contributed by atoms with van der Waals surface area (Å²) in [6.07, 6.45) is 3.31. The molecule has 0 aromatic carbocycles. The van der Waals surface area contributed by atoms with Crippen LogP contribution in [0, 0.1) is 0 Å². The standard InChI is InChI=1S/C7H9BrN2O/c8-6-3-10-2-1-5(6)7(9)4-11/h1-3,7,11H,4,9H2. The molecule has 1 aromatic rings. The third kappa shape index (κ3) is 1.99. The van der Waals surface area contributed by atoms with Crippen molar-refractivity contribution in [2.24, 2.45) is 5.73 Å². The highest BCUT2D eigenvalue weighted by atomic mass is 79.9. The first-order valence-corrected chi connectivity index (χ1v) is 4.01. The number of halogens is 1. The molecule has 1 heterocycles. The lowest BCUT2D eigenvalue weighted by molar-refractivity contribution is 0.267. The molecule has 4 heteroatoms. The first-order chi connectivity index (χ1) is 5.25. The summed E-state index contributed by atoms with van der Waals surface area (Å²) < 4.78 is 0.835. The van der Waals surface area contributed by atoms with Gasteiger partial charge in [-0.3, -0.25) is 4.98 Å². The van der Waals surface area contributed by atoms with Gasteiger partial charge < -0.3 is 10.8 Å². The van der Waals surface area contributed by atoms with Crippen LogP contribution < -0.4 is 5.73 Å². The summed E-state index contributed by atoms with van der Waals surface area (Å²) in [4.78, 5) is 3.88. The Morgan fingerprint density at radius 2 is 2.45 bits per heavy atom. The number of nitrogens with zero attached hydrogens (tertiary/aromatic N) is 1. The lowest BCUT2D eigenvalue weighted by atomic mass is 10.1. The molecule has 0 saturated heterocycles. The molecule has 0 spiro atoms. The average Bonchev–Trinajstić information content (AvgIpc) is 2.04. The summed E-state index contributed by atoms with van der Waals surface area (Å²) in [5.41, 5.74) is 6.46. The minimum atomic E-state index is -0.327. The number of pyridine rings is 1. The van der Waals surface area contributed by atoms with E-state index >= 15 is 0 Å². The second kappa shape index (κ2) is 3.80. The average molecular weight is 217 g/mol. The van der Waals surface area contributed by atoms with Gasteiger partial charge >= 0.3 is 0 Å². The van der Waals surface area contributed by atoms with Crippen molar-refractivity contribution in [3.05, 3.63) is 28.5 Å². The molecule has 1 unspecified atom stereocenters. The predicted octanol–water partition coefficient (Wildman–Crippen LogP) is 0.836. The highest BCUT2D eigenvalue weighted by Gasteiger charge is 2.06. The number of aliphatic hydroxyl groups excluding tert-OH is 1. The largest absolute Gasteiger partial charge is 0.394 e. The lowest BCUT2D eigenvalue weighted by Gasteiger charge is -2.08. The number of aliphatic hydroxyl groups is 1. The molecule has 3 N–H and O–H groups in total. The second-order valence-corrected chi connectivity index (χ2v) is 3.04. The van der Waals surface area contributed by atoms with Gasteiger partial charge in [0.1, 0.15) is 0 Å². The molecule has 0 amide bonds. The van der Waals surface area contributed by atoms with E-state index in [1.165, 1.54) is 0 Å². The fourth-order valence-electron chi connectivity index (χ4n) is 0.785. The van der Waals surface area contributed by atoms with Crippen molar-refractivity contribution in [3.63, 3.8) is 0 Å². The van der Waals surface area contributed by atoms with E-state index in [2.05, 4.69) is 20.9 Å².